The minimum Gasteiger partial charge on any atom is -0.456 e. The van der Waals surface area contributed by atoms with Gasteiger partial charge in [0.15, 0.2) is 16.6 Å². The predicted molar refractivity (Wildman–Crippen MR) is 140 cm³/mol. The van der Waals surface area contributed by atoms with Crippen LogP contribution >= 0.6 is 46.3 Å². The highest BCUT2D eigenvalue weighted by Gasteiger charge is 2.54. The molecule has 1 fully saturated rings. The molecule has 2 aliphatic heterocycles. The number of halogens is 2. The number of aromatic nitrogens is 1. The lowest BCUT2D eigenvalue weighted by molar-refractivity contribution is -0.155. The van der Waals surface area contributed by atoms with Gasteiger partial charge in [-0.3, -0.25) is 14.5 Å². The Balaban J connectivity index is 1.48. The average molecular weight is 569 g/mol. The lowest BCUT2D eigenvalue weighted by Gasteiger charge is -2.49. The number of oxime groups is 1. The molecule has 0 unspecified atom stereocenters. The number of benzene rings is 1. The first kappa shape index (κ1) is 26.5. The molecule has 0 saturated carbocycles. The van der Waals surface area contributed by atoms with E-state index in [-0.39, 0.29) is 51.4 Å². The first-order valence-corrected chi connectivity index (χ1v) is 13.5. The number of hydrogen-bond acceptors (Lipinski definition) is 10. The highest BCUT2D eigenvalue weighted by molar-refractivity contribution is 8.00. The zero-order valence-corrected chi connectivity index (χ0v) is 22.5. The third kappa shape index (κ3) is 5.24. The Hall–Kier alpha value is -2.60. The van der Waals surface area contributed by atoms with E-state index in [1.807, 2.05) is 31.2 Å². The average Bonchev–Trinajstić information content (AvgIpc) is 3.21. The molecule has 4 rings (SSSR count). The number of rotatable bonds is 9. The number of amides is 1. The lowest BCUT2D eigenvalue weighted by Crippen LogP contribution is -2.62. The summed E-state index contributed by atoms with van der Waals surface area (Å²) in [5, 5.41) is 3.53. The molecule has 1 saturated heterocycles. The SMILES string of the molecule is CO/N=C(\C(=O)C[C@@H]1C(=O)N2C(C(=O)OCc3ccc(C)cc3)=C(CCl)CS[C@H]12)c1nc(N)sc1Cl. The number of nitrogens with zero attached hydrogens (tertiary/aromatic N) is 3. The fraction of sp³-hybridized carbons (Fsp3) is 0.348. The summed E-state index contributed by atoms with van der Waals surface area (Å²) < 4.78 is 5.70. The van der Waals surface area contributed by atoms with Gasteiger partial charge in [0.05, 0.1) is 11.3 Å². The number of nitrogen functional groups attached to an aromatic ring is 1. The van der Waals surface area contributed by atoms with E-state index in [1.165, 1.54) is 23.8 Å². The van der Waals surface area contributed by atoms with E-state index in [9.17, 15) is 14.4 Å². The number of thioether (sulfide) groups is 1. The molecule has 36 heavy (non-hydrogen) atoms. The van der Waals surface area contributed by atoms with Gasteiger partial charge < -0.3 is 15.3 Å². The quantitative estimate of drug-likeness (QED) is 0.159. The van der Waals surface area contributed by atoms with Crippen molar-refractivity contribution in [1.82, 2.24) is 9.88 Å². The fourth-order valence-electron chi connectivity index (χ4n) is 3.89. The summed E-state index contributed by atoms with van der Waals surface area (Å²) in [7, 11) is 1.29. The van der Waals surface area contributed by atoms with Crippen molar-refractivity contribution in [1.29, 1.82) is 0 Å². The van der Waals surface area contributed by atoms with Crippen LogP contribution in [-0.2, 0) is 30.6 Å². The van der Waals surface area contributed by atoms with Gasteiger partial charge in [-0.2, -0.15) is 0 Å². The molecule has 9 nitrogen and oxygen atoms in total. The van der Waals surface area contributed by atoms with Gasteiger partial charge in [-0.05, 0) is 18.1 Å². The Morgan fingerprint density at radius 3 is 2.64 bits per heavy atom. The van der Waals surface area contributed by atoms with E-state index in [4.69, 9.17) is 38.5 Å². The van der Waals surface area contributed by atoms with Crippen LogP contribution in [0.2, 0.25) is 4.34 Å². The number of alkyl halides is 1. The third-order valence-electron chi connectivity index (χ3n) is 5.68. The molecule has 1 aromatic heterocycles. The topological polar surface area (TPSA) is 124 Å². The normalized spacial score (nSPS) is 19.6. The second kappa shape index (κ2) is 11.2. The summed E-state index contributed by atoms with van der Waals surface area (Å²) in [6, 6.07) is 7.59. The van der Waals surface area contributed by atoms with Crippen molar-refractivity contribution < 1.29 is 24.0 Å². The number of nitrogens with two attached hydrogens (primary N) is 1. The Morgan fingerprint density at radius 2 is 2.03 bits per heavy atom. The standard InChI is InChI=1S/C23H22Cl2N4O5S2/c1-11-3-5-12(6-4-11)9-34-22(32)18-13(8-24)10-35-21-14(20(31)29(18)21)7-15(30)16(28-33-2)17-19(25)36-23(26)27-17/h3-6,14,21H,7-10H2,1-2H3,(H2,26,27)/b28-16+/t14-,21-/m1/s1. The highest BCUT2D eigenvalue weighted by Crippen LogP contribution is 2.46. The number of ether oxygens (including phenoxy) is 1. The Labute approximate surface area is 225 Å². The zero-order valence-electron chi connectivity index (χ0n) is 19.3. The molecule has 190 valence electrons. The Bertz CT molecular complexity index is 1260. The first-order valence-electron chi connectivity index (χ1n) is 10.8. The van der Waals surface area contributed by atoms with Gasteiger partial charge in [0.25, 0.3) is 0 Å². The summed E-state index contributed by atoms with van der Waals surface area (Å²) in [5.41, 5.74) is 8.36. The van der Waals surface area contributed by atoms with Crippen LogP contribution in [0.3, 0.4) is 0 Å². The van der Waals surface area contributed by atoms with E-state index in [1.54, 1.807) is 0 Å². The number of hydrogen-bond donors (Lipinski definition) is 1. The van der Waals surface area contributed by atoms with Crippen LogP contribution < -0.4 is 5.73 Å². The maximum Gasteiger partial charge on any atom is 0.355 e. The van der Waals surface area contributed by atoms with Crippen LogP contribution in [-0.4, -0.2) is 57.4 Å². The summed E-state index contributed by atoms with van der Waals surface area (Å²) in [4.78, 5) is 49.5. The number of aryl methyl sites for hydroxylation is 1. The molecule has 0 radical (unpaired) electrons. The van der Waals surface area contributed by atoms with E-state index < -0.39 is 23.0 Å². The van der Waals surface area contributed by atoms with Crippen molar-refractivity contribution in [2.45, 2.75) is 25.3 Å². The number of thiazole rings is 1. The van der Waals surface area contributed by atoms with E-state index in [2.05, 4.69) is 10.1 Å². The van der Waals surface area contributed by atoms with Gasteiger partial charge in [-0.1, -0.05) is 57.9 Å². The number of esters is 1. The largest absolute Gasteiger partial charge is 0.456 e. The molecule has 2 atom stereocenters. The molecule has 1 aromatic carbocycles. The number of Topliss-reactive ketones (excluding diaryl/α,β-unsaturated/α-hetero) is 1. The number of ketones is 1. The van der Waals surface area contributed by atoms with Gasteiger partial charge >= 0.3 is 5.97 Å². The van der Waals surface area contributed by atoms with E-state index >= 15 is 0 Å². The smallest absolute Gasteiger partial charge is 0.355 e. The molecule has 2 N–H and O–H groups in total. The minimum absolute atomic E-state index is 0.0638. The third-order valence-corrected chi connectivity index (χ3v) is 8.48. The number of carbonyl (C=O) groups is 3. The van der Waals surface area contributed by atoms with E-state index in [0.29, 0.717) is 11.3 Å². The van der Waals surface area contributed by atoms with Crippen LogP contribution in [0, 0.1) is 12.8 Å². The second-order valence-electron chi connectivity index (χ2n) is 8.09. The summed E-state index contributed by atoms with van der Waals surface area (Å²) >= 11 is 14.7. The zero-order chi connectivity index (χ0) is 26.0. The molecule has 2 aromatic rings. The van der Waals surface area contributed by atoms with E-state index in [0.717, 1.165) is 22.5 Å². The number of carbonyl (C=O) groups excluding carboxylic acids is 3. The molecule has 1 amide bonds. The Kier molecular flexibility index (Phi) is 8.23. The lowest BCUT2D eigenvalue weighted by atomic mass is 9.89. The van der Waals surface area contributed by atoms with Crippen molar-refractivity contribution in [3.63, 3.8) is 0 Å². The van der Waals surface area contributed by atoms with Crippen LogP contribution in [0.1, 0.15) is 23.2 Å². The molecule has 13 heteroatoms. The maximum absolute atomic E-state index is 13.2. The number of fused-ring (bicyclic) bond motifs is 1. The summed E-state index contributed by atoms with van der Waals surface area (Å²) in [5.74, 6) is -1.62. The predicted octanol–water partition coefficient (Wildman–Crippen LogP) is 3.76. The second-order valence-corrected chi connectivity index (χ2v) is 11.1. The molecule has 0 spiro atoms. The molecule has 3 heterocycles. The van der Waals surface area contributed by atoms with Gasteiger partial charge in [0.2, 0.25) is 5.91 Å². The Morgan fingerprint density at radius 1 is 1.31 bits per heavy atom. The van der Waals surface area contributed by atoms with Crippen LogP contribution in [0.5, 0.6) is 0 Å². The van der Waals surface area contributed by atoms with Crippen LogP contribution in [0.25, 0.3) is 0 Å². The monoisotopic (exact) mass is 568 g/mol. The summed E-state index contributed by atoms with van der Waals surface area (Å²) in [6.07, 6.45) is -0.162. The molecular weight excluding hydrogens is 547 g/mol. The molecule has 0 aliphatic carbocycles. The van der Waals surface area contributed by atoms with Crippen LogP contribution in [0.4, 0.5) is 5.13 Å². The first-order chi connectivity index (χ1) is 17.2. The van der Waals surface area contributed by atoms with Crippen molar-refractivity contribution in [3.8, 4) is 0 Å². The molecular formula is C23H22Cl2N4O5S2. The van der Waals surface area contributed by atoms with Crippen molar-refractivity contribution in [2.75, 3.05) is 24.5 Å². The van der Waals surface area contributed by atoms with Crippen molar-refractivity contribution in [2.24, 2.45) is 11.1 Å². The van der Waals surface area contributed by atoms with Gasteiger partial charge in [0.1, 0.15) is 29.4 Å². The highest BCUT2D eigenvalue weighted by atomic mass is 35.5. The molecule has 0 bridgehead atoms. The maximum atomic E-state index is 13.2. The van der Waals surface area contributed by atoms with Crippen molar-refractivity contribution >= 4 is 74.8 Å². The minimum atomic E-state index is -0.670. The van der Waals surface area contributed by atoms with Crippen LogP contribution in [0.15, 0.2) is 40.7 Å². The van der Waals surface area contributed by atoms with Gasteiger partial charge in [-0.15, -0.1) is 23.4 Å². The van der Waals surface area contributed by atoms with Gasteiger partial charge in [0, 0.05) is 18.1 Å². The number of β-lactam (4-membered cyclic amide) rings is 1. The van der Waals surface area contributed by atoms with Crippen molar-refractivity contribution in [3.05, 3.63) is 56.7 Å². The number of anilines is 1. The van der Waals surface area contributed by atoms with Gasteiger partial charge in [-0.25, -0.2) is 9.78 Å². The summed E-state index contributed by atoms with van der Waals surface area (Å²) in [6.45, 7) is 2.03. The fourth-order valence-corrected chi connectivity index (χ4v) is 6.56. The molecule has 2 aliphatic rings.